The van der Waals surface area contributed by atoms with E-state index in [0.29, 0.717) is 0 Å². The second-order valence-corrected chi connectivity index (χ2v) is 9.59. The lowest BCUT2D eigenvalue weighted by Crippen LogP contribution is -2.35. The van der Waals surface area contributed by atoms with E-state index in [0.717, 1.165) is 24.0 Å². The largest absolute Gasteiger partial charge is 0.398 e. The van der Waals surface area contributed by atoms with Crippen LogP contribution in [0.3, 0.4) is 0 Å². The van der Waals surface area contributed by atoms with E-state index in [1.807, 2.05) is 18.7 Å². The first kappa shape index (κ1) is 18.0. The van der Waals surface area contributed by atoms with Gasteiger partial charge in [-0.05, 0) is 24.8 Å². The number of carbonyl (C=O) groups is 1. The quantitative estimate of drug-likeness (QED) is 0.482. The van der Waals surface area contributed by atoms with Crippen LogP contribution in [0.25, 0.3) is 0 Å². The molecule has 0 spiro atoms. The van der Waals surface area contributed by atoms with Crippen molar-refractivity contribution in [1.82, 2.24) is 4.90 Å². The molecular weight excluding hydrogens is 266 g/mol. The Balaban J connectivity index is 3.72. The third kappa shape index (κ3) is 6.77. The van der Waals surface area contributed by atoms with E-state index in [1.165, 1.54) is 0 Å². The molecule has 6 heteroatoms. The number of hydrogen-bond donors (Lipinski definition) is 0. The lowest BCUT2D eigenvalue weighted by Gasteiger charge is -2.22. The van der Waals surface area contributed by atoms with Gasteiger partial charge in [0.2, 0.25) is 5.91 Å². The molecule has 0 aliphatic rings. The smallest absolute Gasteiger partial charge is 0.334 e. The molecule has 0 aliphatic heterocycles. The summed E-state index contributed by atoms with van der Waals surface area (Å²) in [5.41, 5.74) is 0. The third-order valence-electron chi connectivity index (χ3n) is 3.01. The number of amides is 1. The Hall–Kier alpha value is -0.0431. The molecule has 0 fully saturated rings. The van der Waals surface area contributed by atoms with Crippen molar-refractivity contribution in [2.75, 3.05) is 39.8 Å². The minimum absolute atomic E-state index is 0.0958. The number of thioether (sulfide) groups is 1. The van der Waals surface area contributed by atoms with Crippen molar-refractivity contribution in [2.24, 2.45) is 5.92 Å². The highest BCUT2D eigenvalue weighted by Crippen LogP contribution is 2.18. The lowest BCUT2D eigenvalue weighted by atomic mass is 10.2. The number of nitrogens with zero attached hydrogens (tertiary/aromatic N) is 1. The fourth-order valence-electron chi connectivity index (χ4n) is 1.55. The van der Waals surface area contributed by atoms with Crippen molar-refractivity contribution < 1.29 is 13.6 Å². The summed E-state index contributed by atoms with van der Waals surface area (Å²) in [6, 6.07) is 1.00. The number of carbonyl (C=O) groups excluding carboxylic acids is 1. The van der Waals surface area contributed by atoms with Gasteiger partial charge in [-0.1, -0.05) is 6.92 Å². The maximum atomic E-state index is 11.6. The van der Waals surface area contributed by atoms with Gasteiger partial charge in [0, 0.05) is 40.0 Å². The van der Waals surface area contributed by atoms with Crippen LogP contribution in [0.4, 0.5) is 0 Å². The minimum atomic E-state index is -1.90. The first-order valence-corrected chi connectivity index (χ1v) is 9.93. The molecule has 0 N–H and O–H groups in total. The molecule has 0 rings (SSSR count). The van der Waals surface area contributed by atoms with Crippen LogP contribution in [0.1, 0.15) is 13.3 Å². The third-order valence-corrected chi connectivity index (χ3v) is 7.32. The monoisotopic (exact) mass is 293 g/mol. The van der Waals surface area contributed by atoms with Crippen LogP contribution in [-0.2, 0) is 13.6 Å². The average molecular weight is 294 g/mol. The number of rotatable bonds is 9. The molecule has 0 saturated carbocycles. The van der Waals surface area contributed by atoms with Gasteiger partial charge in [0.1, 0.15) is 0 Å². The Labute approximate surface area is 117 Å². The molecule has 0 aromatic rings. The maximum absolute atomic E-state index is 11.6. The van der Waals surface area contributed by atoms with E-state index in [4.69, 9.17) is 8.85 Å². The van der Waals surface area contributed by atoms with Gasteiger partial charge in [-0.2, -0.15) is 11.8 Å². The lowest BCUT2D eigenvalue weighted by molar-refractivity contribution is -0.131. The summed E-state index contributed by atoms with van der Waals surface area (Å²) in [4.78, 5) is 13.3. The summed E-state index contributed by atoms with van der Waals surface area (Å²) in [5.74, 6) is 2.24. The van der Waals surface area contributed by atoms with Gasteiger partial charge >= 0.3 is 8.56 Å². The van der Waals surface area contributed by atoms with Gasteiger partial charge in [-0.15, -0.1) is 0 Å². The SMILES string of the molecule is CO[Si](C)(CCCSCC(C)C(=O)N(C)C)OC. The normalized spacial score (nSPS) is 13.4. The standard InChI is InChI=1S/C12H27NO3SSi/c1-11(12(14)13(2)3)10-17-8-7-9-18(6,15-4)16-5/h11H,7-10H2,1-6H3. The zero-order valence-corrected chi connectivity index (χ0v) is 14.3. The van der Waals surface area contributed by atoms with Gasteiger partial charge < -0.3 is 13.8 Å². The fraction of sp³-hybridized carbons (Fsp3) is 0.917. The Morgan fingerprint density at radius 1 is 1.33 bits per heavy atom. The van der Waals surface area contributed by atoms with Gasteiger partial charge in [0.05, 0.1) is 0 Å². The maximum Gasteiger partial charge on any atom is 0.334 e. The molecule has 0 aromatic heterocycles. The summed E-state index contributed by atoms with van der Waals surface area (Å²) in [5, 5.41) is 0. The van der Waals surface area contributed by atoms with Crippen molar-refractivity contribution in [3.8, 4) is 0 Å². The molecule has 1 atom stereocenters. The molecule has 0 heterocycles. The van der Waals surface area contributed by atoms with Gasteiger partial charge in [-0.3, -0.25) is 4.79 Å². The molecule has 0 saturated heterocycles. The predicted octanol–water partition coefficient (Wildman–Crippen LogP) is 2.20. The average Bonchev–Trinajstić information content (AvgIpc) is 2.36. The van der Waals surface area contributed by atoms with Crippen LogP contribution in [0.15, 0.2) is 0 Å². The molecule has 0 aromatic carbocycles. The van der Waals surface area contributed by atoms with Gasteiger partial charge in [0.25, 0.3) is 0 Å². The van der Waals surface area contributed by atoms with E-state index in [2.05, 4.69) is 6.55 Å². The fourth-order valence-corrected chi connectivity index (χ4v) is 4.22. The zero-order valence-electron chi connectivity index (χ0n) is 12.5. The zero-order chi connectivity index (χ0) is 14.2. The van der Waals surface area contributed by atoms with Gasteiger partial charge in [-0.25, -0.2) is 0 Å². The summed E-state index contributed by atoms with van der Waals surface area (Å²) in [7, 11) is 5.15. The highest BCUT2D eigenvalue weighted by atomic mass is 32.2. The van der Waals surface area contributed by atoms with Crippen molar-refractivity contribution in [3.63, 3.8) is 0 Å². The molecule has 108 valence electrons. The van der Waals surface area contributed by atoms with E-state index < -0.39 is 8.56 Å². The topological polar surface area (TPSA) is 38.8 Å². The Morgan fingerprint density at radius 3 is 2.33 bits per heavy atom. The molecule has 0 bridgehead atoms. The molecule has 1 unspecified atom stereocenters. The van der Waals surface area contributed by atoms with E-state index >= 15 is 0 Å². The van der Waals surface area contributed by atoms with Crippen molar-refractivity contribution >= 4 is 26.2 Å². The highest BCUT2D eigenvalue weighted by Gasteiger charge is 2.27. The van der Waals surface area contributed by atoms with E-state index in [9.17, 15) is 4.79 Å². The second kappa shape index (κ2) is 8.96. The summed E-state index contributed by atoms with van der Waals surface area (Å²) >= 11 is 1.83. The molecule has 4 nitrogen and oxygen atoms in total. The van der Waals surface area contributed by atoms with Crippen LogP contribution in [0.5, 0.6) is 0 Å². The molecule has 1 amide bonds. The number of hydrogen-bond acceptors (Lipinski definition) is 4. The summed E-state index contributed by atoms with van der Waals surface area (Å²) in [6.45, 7) is 4.06. The van der Waals surface area contributed by atoms with Crippen LogP contribution in [0.2, 0.25) is 12.6 Å². The highest BCUT2D eigenvalue weighted by molar-refractivity contribution is 7.99. The van der Waals surface area contributed by atoms with Crippen molar-refractivity contribution in [3.05, 3.63) is 0 Å². The minimum Gasteiger partial charge on any atom is -0.398 e. The van der Waals surface area contributed by atoms with Crippen LogP contribution in [-0.4, -0.2) is 59.2 Å². The second-order valence-electron chi connectivity index (χ2n) is 4.85. The van der Waals surface area contributed by atoms with E-state index in [-0.39, 0.29) is 11.8 Å². The van der Waals surface area contributed by atoms with Crippen molar-refractivity contribution in [2.45, 2.75) is 25.9 Å². The Bertz CT molecular complexity index is 247. The van der Waals surface area contributed by atoms with Gasteiger partial charge in [0.15, 0.2) is 0 Å². The van der Waals surface area contributed by atoms with E-state index in [1.54, 1.807) is 33.2 Å². The van der Waals surface area contributed by atoms with Crippen LogP contribution < -0.4 is 0 Å². The van der Waals surface area contributed by atoms with Crippen LogP contribution >= 0.6 is 11.8 Å². The molecular formula is C12H27NO3SSi. The Kier molecular flexibility index (Phi) is 8.93. The summed E-state index contributed by atoms with van der Waals surface area (Å²) in [6.07, 6.45) is 1.08. The van der Waals surface area contributed by atoms with Crippen molar-refractivity contribution in [1.29, 1.82) is 0 Å². The summed E-state index contributed by atoms with van der Waals surface area (Å²) < 4.78 is 10.9. The van der Waals surface area contributed by atoms with Crippen LogP contribution in [0, 0.1) is 5.92 Å². The molecule has 0 radical (unpaired) electrons. The molecule has 0 aliphatic carbocycles. The Morgan fingerprint density at radius 2 is 1.89 bits per heavy atom. The molecule has 18 heavy (non-hydrogen) atoms. The first-order chi connectivity index (χ1) is 8.36. The first-order valence-electron chi connectivity index (χ1n) is 6.25. The predicted molar refractivity (Wildman–Crippen MR) is 80.2 cm³/mol.